The number of carbonyl (C=O) groups is 1. The lowest BCUT2D eigenvalue weighted by Gasteiger charge is -2.18. The molecule has 1 aliphatic rings. The summed E-state index contributed by atoms with van der Waals surface area (Å²) in [6.45, 7) is 1.56. The summed E-state index contributed by atoms with van der Waals surface area (Å²) in [6, 6.07) is 19.7. The van der Waals surface area contributed by atoms with E-state index in [2.05, 4.69) is 4.57 Å². The number of nitrogens with zero attached hydrogens (tertiary/aromatic N) is 3. The molecule has 0 bridgehead atoms. The molecule has 0 saturated carbocycles. The highest BCUT2D eigenvalue weighted by molar-refractivity contribution is 6.35. The minimum absolute atomic E-state index is 0.0403. The number of para-hydroxylation sites is 2. The molecule has 4 nitrogen and oxygen atoms in total. The van der Waals surface area contributed by atoms with Gasteiger partial charge in [0.1, 0.15) is 11.6 Å². The van der Waals surface area contributed by atoms with Crippen molar-refractivity contribution in [3.63, 3.8) is 0 Å². The highest BCUT2D eigenvalue weighted by Crippen LogP contribution is 2.33. The van der Waals surface area contributed by atoms with Gasteiger partial charge in [-0.25, -0.2) is 9.37 Å². The highest BCUT2D eigenvalue weighted by atomic mass is 35.5. The average molecular weight is 468 g/mol. The molecule has 162 valence electrons. The van der Waals surface area contributed by atoms with Crippen molar-refractivity contribution in [3.8, 4) is 0 Å². The molecule has 4 aromatic rings. The zero-order valence-corrected chi connectivity index (χ0v) is 18.7. The molecule has 5 rings (SSSR count). The topological polar surface area (TPSA) is 38.1 Å². The smallest absolute Gasteiger partial charge is 0.223 e. The summed E-state index contributed by atoms with van der Waals surface area (Å²) in [5.74, 6) is 0.616. The Morgan fingerprint density at radius 1 is 1.00 bits per heavy atom. The zero-order valence-electron chi connectivity index (χ0n) is 17.1. The number of amides is 1. The standard InChI is InChI=1S/C25H20Cl2FN3O/c26-19-8-7-17(21(27)12-19)15-31-23-4-2-1-3-22(23)29-25(31)18-11-24(32)30(14-18)13-16-5-9-20(28)10-6-16/h1-10,12,18H,11,13-15H2. The van der Waals surface area contributed by atoms with Crippen LogP contribution in [0.1, 0.15) is 29.3 Å². The predicted octanol–water partition coefficient (Wildman–Crippen LogP) is 6.05. The van der Waals surface area contributed by atoms with E-state index in [1.807, 2.05) is 41.3 Å². The largest absolute Gasteiger partial charge is 0.338 e. The van der Waals surface area contributed by atoms with E-state index < -0.39 is 0 Å². The van der Waals surface area contributed by atoms with Crippen molar-refractivity contribution in [2.45, 2.75) is 25.4 Å². The molecule has 1 aliphatic heterocycles. The van der Waals surface area contributed by atoms with Crippen molar-refractivity contribution >= 4 is 40.1 Å². The lowest BCUT2D eigenvalue weighted by atomic mass is 10.1. The van der Waals surface area contributed by atoms with E-state index in [1.165, 1.54) is 12.1 Å². The van der Waals surface area contributed by atoms with Gasteiger partial charge in [0.05, 0.1) is 17.6 Å². The molecule has 32 heavy (non-hydrogen) atoms. The summed E-state index contributed by atoms with van der Waals surface area (Å²) in [7, 11) is 0. The number of likely N-dealkylation sites (tertiary alicyclic amines) is 1. The maximum atomic E-state index is 13.2. The predicted molar refractivity (Wildman–Crippen MR) is 124 cm³/mol. The lowest BCUT2D eigenvalue weighted by molar-refractivity contribution is -0.128. The van der Waals surface area contributed by atoms with E-state index in [1.54, 1.807) is 18.2 Å². The van der Waals surface area contributed by atoms with Crippen molar-refractivity contribution in [2.24, 2.45) is 0 Å². The van der Waals surface area contributed by atoms with Gasteiger partial charge < -0.3 is 9.47 Å². The van der Waals surface area contributed by atoms with Crippen LogP contribution in [0.4, 0.5) is 4.39 Å². The number of carbonyl (C=O) groups excluding carboxylic acids is 1. The molecule has 2 heterocycles. The van der Waals surface area contributed by atoms with Crippen LogP contribution in [0.5, 0.6) is 0 Å². The van der Waals surface area contributed by atoms with Gasteiger partial charge in [0, 0.05) is 35.5 Å². The first-order valence-corrected chi connectivity index (χ1v) is 11.1. The Kier molecular flexibility index (Phi) is 5.62. The third-order valence-electron chi connectivity index (χ3n) is 5.89. The molecule has 0 radical (unpaired) electrons. The minimum Gasteiger partial charge on any atom is -0.338 e. The molecule has 1 fully saturated rings. The molecule has 1 aromatic heterocycles. The number of hydrogen-bond acceptors (Lipinski definition) is 2. The number of hydrogen-bond donors (Lipinski definition) is 0. The number of fused-ring (bicyclic) bond motifs is 1. The minimum atomic E-state index is -0.283. The number of aromatic nitrogens is 2. The molecule has 0 N–H and O–H groups in total. The fourth-order valence-electron chi connectivity index (χ4n) is 4.30. The Hall–Kier alpha value is -2.89. The summed E-state index contributed by atoms with van der Waals surface area (Å²) in [4.78, 5) is 19.5. The van der Waals surface area contributed by atoms with Gasteiger partial charge in [0.15, 0.2) is 0 Å². The fraction of sp³-hybridized carbons (Fsp3) is 0.200. The van der Waals surface area contributed by atoms with Crippen LogP contribution in [0.3, 0.4) is 0 Å². The molecular formula is C25H20Cl2FN3O. The van der Waals surface area contributed by atoms with Crippen LogP contribution < -0.4 is 0 Å². The molecule has 1 atom stereocenters. The molecule has 1 amide bonds. The summed E-state index contributed by atoms with van der Waals surface area (Å²) in [5.41, 5.74) is 3.73. The van der Waals surface area contributed by atoms with Crippen molar-refractivity contribution < 1.29 is 9.18 Å². The Bertz CT molecular complexity index is 1300. The first-order chi connectivity index (χ1) is 15.5. The third kappa shape index (κ3) is 4.10. The molecule has 7 heteroatoms. The van der Waals surface area contributed by atoms with E-state index in [0.29, 0.717) is 36.1 Å². The van der Waals surface area contributed by atoms with Gasteiger partial charge in [0.25, 0.3) is 0 Å². The Balaban J connectivity index is 1.46. The van der Waals surface area contributed by atoms with Crippen molar-refractivity contribution in [3.05, 3.63) is 99.5 Å². The normalized spacial score (nSPS) is 16.3. The molecule has 0 spiro atoms. The van der Waals surface area contributed by atoms with E-state index in [4.69, 9.17) is 28.2 Å². The highest BCUT2D eigenvalue weighted by Gasteiger charge is 2.34. The second-order valence-corrected chi connectivity index (χ2v) is 8.93. The average Bonchev–Trinajstić information content (AvgIpc) is 3.32. The van der Waals surface area contributed by atoms with Gasteiger partial charge >= 0.3 is 0 Å². The first-order valence-electron chi connectivity index (χ1n) is 10.4. The van der Waals surface area contributed by atoms with Crippen LogP contribution in [-0.2, 0) is 17.9 Å². The maximum absolute atomic E-state index is 13.2. The second-order valence-electron chi connectivity index (χ2n) is 8.08. The van der Waals surface area contributed by atoms with E-state index in [0.717, 1.165) is 28.0 Å². The summed E-state index contributed by atoms with van der Waals surface area (Å²) in [6.07, 6.45) is 0.388. The number of benzene rings is 3. The van der Waals surface area contributed by atoms with Gasteiger partial charge in [-0.3, -0.25) is 4.79 Å². The quantitative estimate of drug-likeness (QED) is 0.358. The Morgan fingerprint density at radius 2 is 1.78 bits per heavy atom. The summed E-state index contributed by atoms with van der Waals surface area (Å²) < 4.78 is 15.4. The first kappa shape index (κ1) is 21.0. The van der Waals surface area contributed by atoms with Gasteiger partial charge in [-0.1, -0.05) is 53.5 Å². The molecule has 3 aromatic carbocycles. The molecular weight excluding hydrogens is 448 g/mol. The van der Waals surface area contributed by atoms with Gasteiger partial charge in [-0.05, 0) is 47.5 Å². The summed E-state index contributed by atoms with van der Waals surface area (Å²) in [5, 5.41) is 1.19. The molecule has 1 saturated heterocycles. The van der Waals surface area contributed by atoms with Gasteiger partial charge in [0.2, 0.25) is 5.91 Å². The van der Waals surface area contributed by atoms with Crippen LogP contribution in [0.15, 0.2) is 66.7 Å². The van der Waals surface area contributed by atoms with Crippen LogP contribution in [-0.4, -0.2) is 26.9 Å². The van der Waals surface area contributed by atoms with Gasteiger partial charge in [-0.2, -0.15) is 0 Å². The Labute approximate surface area is 195 Å². The van der Waals surface area contributed by atoms with Crippen molar-refractivity contribution in [1.29, 1.82) is 0 Å². The lowest BCUT2D eigenvalue weighted by Crippen LogP contribution is -2.24. The maximum Gasteiger partial charge on any atom is 0.223 e. The molecule has 1 unspecified atom stereocenters. The monoisotopic (exact) mass is 467 g/mol. The second kappa shape index (κ2) is 8.57. The SMILES string of the molecule is O=C1CC(c2nc3ccccc3n2Cc2ccc(Cl)cc2Cl)CN1Cc1ccc(F)cc1. The summed E-state index contributed by atoms with van der Waals surface area (Å²) >= 11 is 12.5. The number of rotatable bonds is 5. The van der Waals surface area contributed by atoms with E-state index in [9.17, 15) is 9.18 Å². The van der Waals surface area contributed by atoms with Crippen molar-refractivity contribution in [2.75, 3.05) is 6.54 Å². The van der Waals surface area contributed by atoms with Crippen molar-refractivity contribution in [1.82, 2.24) is 14.5 Å². The number of imidazole rings is 1. The van der Waals surface area contributed by atoms with Gasteiger partial charge in [-0.15, -0.1) is 0 Å². The van der Waals surface area contributed by atoms with Crippen LogP contribution >= 0.6 is 23.2 Å². The molecule has 0 aliphatic carbocycles. The van der Waals surface area contributed by atoms with Crippen LogP contribution in [0.2, 0.25) is 10.0 Å². The third-order valence-corrected chi connectivity index (χ3v) is 6.48. The number of halogens is 3. The van der Waals surface area contributed by atoms with E-state index in [-0.39, 0.29) is 17.6 Å². The van der Waals surface area contributed by atoms with Crippen LogP contribution in [0.25, 0.3) is 11.0 Å². The fourth-order valence-corrected chi connectivity index (χ4v) is 4.77. The van der Waals surface area contributed by atoms with Crippen LogP contribution in [0, 0.1) is 5.82 Å². The van der Waals surface area contributed by atoms with E-state index >= 15 is 0 Å². The zero-order chi connectivity index (χ0) is 22.2. The Morgan fingerprint density at radius 3 is 2.56 bits per heavy atom.